The van der Waals surface area contributed by atoms with E-state index in [0.29, 0.717) is 24.8 Å². The molecule has 0 bridgehead atoms. The summed E-state index contributed by atoms with van der Waals surface area (Å²) in [5, 5.41) is 2.84. The Bertz CT molecular complexity index is 982. The summed E-state index contributed by atoms with van der Waals surface area (Å²) in [6.07, 6.45) is 0. The first-order valence-corrected chi connectivity index (χ1v) is 10.9. The molecule has 0 aliphatic carbocycles. The van der Waals surface area contributed by atoms with Gasteiger partial charge in [0.15, 0.2) is 0 Å². The van der Waals surface area contributed by atoms with Gasteiger partial charge in [0.2, 0.25) is 10.0 Å². The van der Waals surface area contributed by atoms with Crippen LogP contribution in [0.4, 0.5) is 5.69 Å². The van der Waals surface area contributed by atoms with Crippen molar-refractivity contribution in [2.75, 3.05) is 38.7 Å². The maximum absolute atomic E-state index is 13.1. The zero-order valence-corrected chi connectivity index (χ0v) is 17.7. The smallest absolute Gasteiger partial charge is 0.255 e. The average molecular weight is 419 g/mol. The molecular formula is C21H26N2O5S. The Morgan fingerprint density at radius 2 is 1.86 bits per heavy atom. The van der Waals surface area contributed by atoms with Crippen LogP contribution >= 0.6 is 0 Å². The van der Waals surface area contributed by atoms with Gasteiger partial charge in [-0.3, -0.25) is 4.79 Å². The quantitative estimate of drug-likeness (QED) is 0.779. The molecule has 0 spiro atoms. The number of morpholine rings is 1. The number of carbonyl (C=O) groups excluding carboxylic acids is 1. The Hall–Kier alpha value is -2.42. The van der Waals surface area contributed by atoms with Crippen molar-refractivity contribution in [1.82, 2.24) is 4.31 Å². The fourth-order valence-electron chi connectivity index (χ4n) is 3.12. The number of nitrogens with zero attached hydrogens (tertiary/aromatic N) is 1. The van der Waals surface area contributed by atoms with Gasteiger partial charge in [-0.05, 0) is 41.8 Å². The maximum atomic E-state index is 13.1. The molecule has 1 heterocycles. The van der Waals surface area contributed by atoms with Crippen molar-refractivity contribution in [1.29, 1.82) is 0 Å². The number of benzene rings is 2. The summed E-state index contributed by atoms with van der Waals surface area (Å²) in [5.74, 6) is 0.153. The lowest BCUT2D eigenvalue weighted by Crippen LogP contribution is -2.40. The average Bonchev–Trinajstić information content (AvgIpc) is 2.74. The second kappa shape index (κ2) is 8.94. The Kier molecular flexibility index (Phi) is 6.56. The molecule has 0 atom stereocenters. The van der Waals surface area contributed by atoms with E-state index in [4.69, 9.17) is 9.47 Å². The number of anilines is 1. The predicted octanol–water partition coefficient (Wildman–Crippen LogP) is 3.09. The van der Waals surface area contributed by atoms with Gasteiger partial charge in [-0.25, -0.2) is 8.42 Å². The Morgan fingerprint density at radius 3 is 2.52 bits per heavy atom. The zero-order valence-electron chi connectivity index (χ0n) is 16.8. The van der Waals surface area contributed by atoms with E-state index in [1.807, 2.05) is 18.2 Å². The van der Waals surface area contributed by atoms with Gasteiger partial charge < -0.3 is 14.8 Å². The number of nitrogens with one attached hydrogen (secondary N) is 1. The Balaban J connectivity index is 1.90. The number of rotatable bonds is 6. The van der Waals surface area contributed by atoms with Crippen LogP contribution in [-0.2, 0) is 14.8 Å². The fourth-order valence-corrected chi connectivity index (χ4v) is 4.71. The van der Waals surface area contributed by atoms with Crippen molar-refractivity contribution in [3.05, 3.63) is 53.6 Å². The maximum Gasteiger partial charge on any atom is 0.255 e. The van der Waals surface area contributed by atoms with Crippen LogP contribution in [0.1, 0.15) is 35.7 Å². The third-order valence-corrected chi connectivity index (χ3v) is 6.74. The topological polar surface area (TPSA) is 84.9 Å². The molecule has 0 saturated carbocycles. The molecule has 1 aliphatic heterocycles. The third-order valence-electron chi connectivity index (χ3n) is 4.82. The molecule has 1 saturated heterocycles. The van der Waals surface area contributed by atoms with E-state index in [2.05, 4.69) is 19.2 Å². The lowest BCUT2D eigenvalue weighted by Gasteiger charge is -2.26. The minimum Gasteiger partial charge on any atom is -0.495 e. The first-order valence-electron chi connectivity index (χ1n) is 9.50. The van der Waals surface area contributed by atoms with E-state index in [9.17, 15) is 13.2 Å². The second-order valence-electron chi connectivity index (χ2n) is 7.12. The van der Waals surface area contributed by atoms with E-state index >= 15 is 0 Å². The summed E-state index contributed by atoms with van der Waals surface area (Å²) in [4.78, 5) is 12.7. The van der Waals surface area contributed by atoms with Crippen LogP contribution in [0.3, 0.4) is 0 Å². The standard InChI is InChI=1S/C21H26N2O5S/c1-15(2)16-5-4-6-18(13-16)22-21(24)17-7-8-19(27-3)20(14-17)29(25,26)23-9-11-28-12-10-23/h4-8,13-15H,9-12H2,1-3H3,(H,22,24). The number of hydrogen-bond acceptors (Lipinski definition) is 5. The highest BCUT2D eigenvalue weighted by atomic mass is 32.2. The van der Waals surface area contributed by atoms with E-state index in [0.717, 1.165) is 5.56 Å². The van der Waals surface area contributed by atoms with Crippen molar-refractivity contribution in [3.8, 4) is 5.75 Å². The SMILES string of the molecule is COc1ccc(C(=O)Nc2cccc(C(C)C)c2)cc1S(=O)(=O)N1CCOCC1. The van der Waals surface area contributed by atoms with Crippen molar-refractivity contribution in [2.45, 2.75) is 24.7 Å². The molecule has 0 unspecified atom stereocenters. The first kappa shape index (κ1) is 21.3. The summed E-state index contributed by atoms with van der Waals surface area (Å²) in [6, 6.07) is 12.0. The van der Waals surface area contributed by atoms with Gasteiger partial charge in [0, 0.05) is 24.3 Å². The molecule has 0 radical (unpaired) electrons. The van der Waals surface area contributed by atoms with Crippen LogP contribution in [0.5, 0.6) is 5.75 Å². The monoisotopic (exact) mass is 418 g/mol. The van der Waals surface area contributed by atoms with Crippen LogP contribution in [0.25, 0.3) is 0 Å². The minimum absolute atomic E-state index is 0.0227. The molecule has 2 aromatic rings. The van der Waals surface area contributed by atoms with E-state index < -0.39 is 10.0 Å². The fraction of sp³-hybridized carbons (Fsp3) is 0.381. The Morgan fingerprint density at radius 1 is 1.14 bits per heavy atom. The zero-order chi connectivity index (χ0) is 21.0. The van der Waals surface area contributed by atoms with Crippen molar-refractivity contribution < 1.29 is 22.7 Å². The highest BCUT2D eigenvalue weighted by Crippen LogP contribution is 2.29. The molecule has 1 aliphatic rings. The van der Waals surface area contributed by atoms with Crippen LogP contribution in [0.2, 0.25) is 0 Å². The van der Waals surface area contributed by atoms with E-state index in [-0.39, 0.29) is 35.2 Å². The molecule has 1 N–H and O–H groups in total. The Labute approximate surface area is 171 Å². The highest BCUT2D eigenvalue weighted by molar-refractivity contribution is 7.89. The lowest BCUT2D eigenvalue weighted by atomic mass is 10.0. The molecule has 29 heavy (non-hydrogen) atoms. The molecule has 1 fully saturated rings. The molecule has 8 heteroatoms. The first-order chi connectivity index (χ1) is 13.8. The highest BCUT2D eigenvalue weighted by Gasteiger charge is 2.30. The van der Waals surface area contributed by atoms with Gasteiger partial charge in [0.1, 0.15) is 10.6 Å². The summed E-state index contributed by atoms with van der Waals surface area (Å²) in [6.45, 7) is 5.37. The summed E-state index contributed by atoms with van der Waals surface area (Å²) >= 11 is 0. The minimum atomic E-state index is -3.80. The lowest BCUT2D eigenvalue weighted by molar-refractivity contribution is 0.0729. The van der Waals surface area contributed by atoms with Gasteiger partial charge in [0.05, 0.1) is 20.3 Å². The molecule has 1 amide bonds. The number of hydrogen-bond donors (Lipinski definition) is 1. The summed E-state index contributed by atoms with van der Waals surface area (Å²) in [5.41, 5.74) is 2.01. The number of amides is 1. The third kappa shape index (κ3) is 4.77. The van der Waals surface area contributed by atoms with Crippen LogP contribution in [0.15, 0.2) is 47.4 Å². The summed E-state index contributed by atoms with van der Waals surface area (Å²) < 4.78 is 38.0. The van der Waals surface area contributed by atoms with Crippen LogP contribution in [0, 0.1) is 0 Å². The molecular weight excluding hydrogens is 392 g/mol. The normalized spacial score (nSPS) is 15.3. The van der Waals surface area contributed by atoms with Crippen LogP contribution in [-0.4, -0.2) is 52.0 Å². The number of carbonyl (C=O) groups is 1. The predicted molar refractivity (Wildman–Crippen MR) is 111 cm³/mol. The molecule has 2 aromatic carbocycles. The molecule has 156 valence electrons. The van der Waals surface area contributed by atoms with Gasteiger partial charge in [-0.2, -0.15) is 4.31 Å². The molecule has 0 aromatic heterocycles. The van der Waals surface area contributed by atoms with Crippen LogP contribution < -0.4 is 10.1 Å². The van der Waals surface area contributed by atoms with Crippen molar-refractivity contribution in [3.63, 3.8) is 0 Å². The largest absolute Gasteiger partial charge is 0.495 e. The number of sulfonamides is 1. The van der Waals surface area contributed by atoms with Gasteiger partial charge in [0.25, 0.3) is 5.91 Å². The number of ether oxygens (including phenoxy) is 2. The second-order valence-corrected chi connectivity index (χ2v) is 9.02. The molecule has 7 nitrogen and oxygen atoms in total. The molecule has 3 rings (SSSR count). The van der Waals surface area contributed by atoms with Gasteiger partial charge >= 0.3 is 0 Å². The number of methoxy groups -OCH3 is 1. The van der Waals surface area contributed by atoms with Gasteiger partial charge in [-0.1, -0.05) is 26.0 Å². The summed E-state index contributed by atoms with van der Waals surface area (Å²) in [7, 11) is -2.40. The van der Waals surface area contributed by atoms with E-state index in [1.54, 1.807) is 12.1 Å². The van der Waals surface area contributed by atoms with E-state index in [1.165, 1.54) is 23.5 Å². The van der Waals surface area contributed by atoms with Gasteiger partial charge in [-0.15, -0.1) is 0 Å². The van der Waals surface area contributed by atoms with Crippen molar-refractivity contribution >= 4 is 21.6 Å². The van der Waals surface area contributed by atoms with Crippen molar-refractivity contribution in [2.24, 2.45) is 0 Å².